The molecule has 0 radical (unpaired) electrons. The number of carbonyl (C=O) groups is 1. The van der Waals surface area contributed by atoms with Crippen molar-refractivity contribution >= 4 is 33.9 Å². The van der Waals surface area contributed by atoms with Gasteiger partial charge in [-0.15, -0.1) is 0 Å². The second kappa shape index (κ2) is 9.68. The molecule has 0 bridgehead atoms. The Balaban J connectivity index is 1.77. The summed E-state index contributed by atoms with van der Waals surface area (Å²) in [6.45, 7) is 2.79. The Morgan fingerprint density at radius 3 is 2.53 bits per heavy atom. The molecule has 4 rings (SSSR count). The summed E-state index contributed by atoms with van der Waals surface area (Å²) in [6, 6.07) is 15.1. The number of carbonyl (C=O) groups excluding carboxylic acids is 1. The van der Waals surface area contributed by atoms with E-state index in [4.69, 9.17) is 20.4 Å². The number of unbranched alkanes of at least 4 members (excludes halogenated alkanes) is 4. The van der Waals surface area contributed by atoms with E-state index in [1.807, 2.05) is 48.5 Å². The number of rotatable bonds is 9. The lowest BCUT2D eigenvalue weighted by Gasteiger charge is -2.10. The number of nitrogens with two attached hydrogens (primary N) is 1. The number of benzene rings is 2. The van der Waals surface area contributed by atoms with E-state index in [-0.39, 0.29) is 5.91 Å². The molecule has 7 nitrogen and oxygen atoms in total. The van der Waals surface area contributed by atoms with Gasteiger partial charge < -0.3 is 15.8 Å². The third-order valence-electron chi connectivity index (χ3n) is 5.60. The van der Waals surface area contributed by atoms with Gasteiger partial charge in [0.1, 0.15) is 22.6 Å². The van der Waals surface area contributed by atoms with Gasteiger partial charge in [-0.25, -0.2) is 9.97 Å². The number of ether oxygens (including phenoxy) is 1. The molecule has 166 valence electrons. The van der Waals surface area contributed by atoms with Crippen LogP contribution in [-0.2, 0) is 0 Å². The monoisotopic (exact) mass is 431 g/mol. The van der Waals surface area contributed by atoms with Gasteiger partial charge in [-0.3, -0.25) is 9.36 Å². The molecule has 0 saturated carbocycles. The molecule has 2 heterocycles. The number of aromatic nitrogens is 3. The van der Waals surface area contributed by atoms with Crippen LogP contribution in [0.4, 0.5) is 5.82 Å². The van der Waals surface area contributed by atoms with E-state index in [0.29, 0.717) is 34.8 Å². The van der Waals surface area contributed by atoms with Gasteiger partial charge in [-0.1, -0.05) is 50.8 Å². The largest absolute Gasteiger partial charge is 0.497 e. The molecule has 0 fully saturated rings. The van der Waals surface area contributed by atoms with Crippen molar-refractivity contribution in [2.45, 2.75) is 39.0 Å². The molecule has 0 aliphatic rings. The van der Waals surface area contributed by atoms with Gasteiger partial charge in [0.15, 0.2) is 5.65 Å². The summed E-state index contributed by atoms with van der Waals surface area (Å²) in [4.78, 5) is 22.7. The van der Waals surface area contributed by atoms with Crippen LogP contribution in [0.25, 0.3) is 27.9 Å². The lowest BCUT2D eigenvalue weighted by molar-refractivity contribution is 0.0955. The molecule has 0 aliphatic carbocycles. The van der Waals surface area contributed by atoms with Crippen LogP contribution in [0.2, 0.25) is 0 Å². The number of nitrogens with one attached hydrogen (secondary N) is 1. The normalized spacial score (nSPS) is 11.2. The van der Waals surface area contributed by atoms with Crippen LogP contribution in [0.5, 0.6) is 5.75 Å². The Bertz CT molecular complexity index is 1250. The molecule has 0 saturated heterocycles. The number of methoxy groups -OCH3 is 1. The molecule has 0 aliphatic heterocycles. The summed E-state index contributed by atoms with van der Waals surface area (Å²) in [5.41, 5.74) is 10.2. The van der Waals surface area contributed by atoms with E-state index in [1.165, 1.54) is 19.3 Å². The number of para-hydroxylation sites is 2. The van der Waals surface area contributed by atoms with Crippen molar-refractivity contribution < 1.29 is 9.53 Å². The van der Waals surface area contributed by atoms with E-state index in [0.717, 1.165) is 29.6 Å². The van der Waals surface area contributed by atoms with Crippen LogP contribution in [-0.4, -0.2) is 34.1 Å². The molecule has 3 N–H and O–H groups in total. The Labute approximate surface area is 187 Å². The smallest absolute Gasteiger partial charge is 0.257 e. The molecular formula is C25H29N5O2. The number of nitrogen functional groups attached to an aromatic ring is 1. The van der Waals surface area contributed by atoms with Gasteiger partial charge in [0.2, 0.25) is 0 Å². The summed E-state index contributed by atoms with van der Waals surface area (Å²) in [7, 11) is 1.61. The summed E-state index contributed by atoms with van der Waals surface area (Å²) < 4.78 is 7.15. The zero-order chi connectivity index (χ0) is 22.5. The second-order valence-electron chi connectivity index (χ2n) is 7.85. The fraction of sp³-hybridized carbons (Fsp3) is 0.320. The lowest BCUT2D eigenvalue weighted by atomic mass is 10.1. The van der Waals surface area contributed by atoms with E-state index < -0.39 is 0 Å². The van der Waals surface area contributed by atoms with Gasteiger partial charge in [-0.2, -0.15) is 0 Å². The molecule has 0 atom stereocenters. The van der Waals surface area contributed by atoms with Crippen molar-refractivity contribution in [2.75, 3.05) is 19.4 Å². The summed E-state index contributed by atoms with van der Waals surface area (Å²) in [5, 5.41) is 3.02. The van der Waals surface area contributed by atoms with Crippen LogP contribution in [0, 0.1) is 0 Å². The first-order valence-corrected chi connectivity index (χ1v) is 11.1. The molecular weight excluding hydrogens is 402 g/mol. The number of hydrogen-bond donors (Lipinski definition) is 2. The van der Waals surface area contributed by atoms with Crippen LogP contribution in [0.1, 0.15) is 49.4 Å². The molecule has 7 heteroatoms. The number of amides is 1. The van der Waals surface area contributed by atoms with E-state index in [1.54, 1.807) is 11.7 Å². The number of fused-ring (bicyclic) bond motifs is 2. The predicted molar refractivity (Wildman–Crippen MR) is 128 cm³/mol. The van der Waals surface area contributed by atoms with Crippen molar-refractivity contribution in [3.05, 3.63) is 54.1 Å². The minimum Gasteiger partial charge on any atom is -0.497 e. The number of anilines is 1. The fourth-order valence-electron chi connectivity index (χ4n) is 3.92. The molecule has 2 aromatic carbocycles. The highest BCUT2D eigenvalue weighted by Crippen LogP contribution is 2.32. The molecule has 0 spiro atoms. The van der Waals surface area contributed by atoms with E-state index in [9.17, 15) is 4.79 Å². The maximum absolute atomic E-state index is 13.2. The molecule has 0 unspecified atom stereocenters. The SMILES string of the molecule is CCCCCCCNC(=O)c1c(N)n(-c2cccc(OC)c2)c2nc3ccccc3nc12. The van der Waals surface area contributed by atoms with Crippen molar-refractivity contribution in [1.82, 2.24) is 19.9 Å². The zero-order valence-electron chi connectivity index (χ0n) is 18.6. The first-order chi connectivity index (χ1) is 15.6. The summed E-state index contributed by atoms with van der Waals surface area (Å²) in [5.74, 6) is 0.775. The maximum Gasteiger partial charge on any atom is 0.257 e. The van der Waals surface area contributed by atoms with Crippen LogP contribution in [0.3, 0.4) is 0 Å². The highest BCUT2D eigenvalue weighted by Gasteiger charge is 2.24. The number of nitrogens with zero attached hydrogens (tertiary/aromatic N) is 3. The summed E-state index contributed by atoms with van der Waals surface area (Å²) in [6.07, 6.45) is 5.63. The lowest BCUT2D eigenvalue weighted by Crippen LogP contribution is -2.25. The van der Waals surface area contributed by atoms with Gasteiger partial charge in [0.25, 0.3) is 5.91 Å². The highest BCUT2D eigenvalue weighted by molar-refractivity contribution is 6.11. The topological polar surface area (TPSA) is 95.1 Å². The fourth-order valence-corrected chi connectivity index (χ4v) is 3.92. The zero-order valence-corrected chi connectivity index (χ0v) is 18.6. The summed E-state index contributed by atoms with van der Waals surface area (Å²) >= 11 is 0. The third-order valence-corrected chi connectivity index (χ3v) is 5.60. The van der Waals surface area contributed by atoms with Gasteiger partial charge in [-0.05, 0) is 30.7 Å². The maximum atomic E-state index is 13.2. The first kappa shape index (κ1) is 21.6. The molecule has 4 aromatic rings. The van der Waals surface area contributed by atoms with Gasteiger partial charge in [0.05, 0.1) is 23.8 Å². The van der Waals surface area contributed by atoms with Gasteiger partial charge >= 0.3 is 0 Å². The number of hydrogen-bond acceptors (Lipinski definition) is 5. The second-order valence-corrected chi connectivity index (χ2v) is 7.85. The minimum absolute atomic E-state index is 0.228. The van der Waals surface area contributed by atoms with Crippen LogP contribution in [0.15, 0.2) is 48.5 Å². The Morgan fingerprint density at radius 1 is 1.03 bits per heavy atom. The Hall–Kier alpha value is -3.61. The van der Waals surface area contributed by atoms with Crippen molar-refractivity contribution in [2.24, 2.45) is 0 Å². The molecule has 2 aromatic heterocycles. The molecule has 1 amide bonds. The third kappa shape index (κ3) is 4.23. The predicted octanol–water partition coefficient (Wildman–Crippen LogP) is 4.86. The van der Waals surface area contributed by atoms with Crippen molar-refractivity contribution in [3.63, 3.8) is 0 Å². The van der Waals surface area contributed by atoms with Crippen molar-refractivity contribution in [1.29, 1.82) is 0 Å². The van der Waals surface area contributed by atoms with E-state index >= 15 is 0 Å². The average Bonchev–Trinajstić information content (AvgIpc) is 3.10. The highest BCUT2D eigenvalue weighted by atomic mass is 16.5. The molecule has 32 heavy (non-hydrogen) atoms. The van der Waals surface area contributed by atoms with Crippen molar-refractivity contribution in [3.8, 4) is 11.4 Å². The Morgan fingerprint density at radius 2 is 1.78 bits per heavy atom. The van der Waals surface area contributed by atoms with Crippen LogP contribution >= 0.6 is 0 Å². The van der Waals surface area contributed by atoms with E-state index in [2.05, 4.69) is 12.2 Å². The average molecular weight is 432 g/mol. The Kier molecular flexibility index (Phi) is 6.54. The standard InChI is InChI=1S/C25H29N5O2/c1-3-4-5-6-9-15-27-25(31)21-22-24(29-20-14-8-7-13-19(20)28-22)30(23(21)26)17-11-10-12-18(16-17)32-2/h7-8,10-14,16H,3-6,9,15,26H2,1-2H3,(H,27,31). The van der Waals surface area contributed by atoms with Gasteiger partial charge in [0, 0.05) is 12.6 Å². The quantitative estimate of drug-likeness (QED) is 0.369. The minimum atomic E-state index is -0.228. The first-order valence-electron chi connectivity index (χ1n) is 11.1. The van der Waals surface area contributed by atoms with Crippen LogP contribution < -0.4 is 15.8 Å².